The van der Waals surface area contributed by atoms with E-state index in [-0.39, 0.29) is 30.2 Å². The van der Waals surface area contributed by atoms with Crippen LogP contribution in [-0.4, -0.2) is 67.2 Å². The second-order valence-corrected chi connectivity index (χ2v) is 19.1. The van der Waals surface area contributed by atoms with Crippen LogP contribution in [0.5, 0.6) is 5.75 Å². The smallest absolute Gasteiger partial charge is 0.264 e. The third kappa shape index (κ3) is 9.71. The van der Waals surface area contributed by atoms with E-state index in [4.69, 9.17) is 14.3 Å². The minimum absolute atomic E-state index is 0.0299. The molecule has 2 heterocycles. The molecule has 322 valence electrons. The van der Waals surface area contributed by atoms with Gasteiger partial charge < -0.3 is 19.6 Å². The summed E-state index contributed by atoms with van der Waals surface area (Å²) >= 11 is 1.06. The van der Waals surface area contributed by atoms with Crippen molar-refractivity contribution >= 4 is 60.7 Å². The molecule has 3 N–H and O–H groups in total. The highest BCUT2D eigenvalue weighted by molar-refractivity contribution is 7.94. The molecule has 1 unspecified atom stereocenters. The van der Waals surface area contributed by atoms with Crippen LogP contribution in [0.25, 0.3) is 27.1 Å². The van der Waals surface area contributed by atoms with E-state index in [1.54, 1.807) is 0 Å². The highest BCUT2D eigenvalue weighted by Gasteiger charge is 2.44. The van der Waals surface area contributed by atoms with E-state index >= 15 is 0 Å². The van der Waals surface area contributed by atoms with Gasteiger partial charge in [-0.25, -0.2) is 5.26 Å². The second kappa shape index (κ2) is 19.2. The standard InChI is InChI=1S/C49H56N2O8S2/c1-48(2)44(50(28-12-32-60-59-58-53)42-24-20-36-14-5-7-18-40(36)46(42)48)26-22-35(38-16-11-17-39(34-38)57-31-10-9-30-52)23-27-45-49(3,4)47-41-19-8-6-15-37(41)21-25-43(47)51(45)29-13-33-61(54,55)56/h5-8,11,14-27,34,44,52-53H,9-10,12-13,28-33H2,1-4H3,(H,54,55,56)/b26-22+,35-23-,45-27+. The summed E-state index contributed by atoms with van der Waals surface area (Å²) in [5, 5.41) is 26.6. The minimum atomic E-state index is -4.14. The molecule has 0 aliphatic carbocycles. The highest BCUT2D eigenvalue weighted by atomic mass is 32.2. The minimum Gasteiger partial charge on any atom is -0.494 e. The molecule has 0 saturated carbocycles. The number of anilines is 2. The summed E-state index contributed by atoms with van der Waals surface area (Å²) < 4.78 is 44.3. The van der Waals surface area contributed by atoms with Gasteiger partial charge in [-0.05, 0) is 99.8 Å². The molecule has 0 saturated heterocycles. The number of nitrogens with zero attached hydrogens (tertiary/aromatic N) is 2. The molecular weight excluding hydrogens is 809 g/mol. The highest BCUT2D eigenvalue weighted by Crippen LogP contribution is 2.52. The zero-order valence-electron chi connectivity index (χ0n) is 35.3. The zero-order valence-corrected chi connectivity index (χ0v) is 36.9. The van der Waals surface area contributed by atoms with E-state index in [9.17, 15) is 18.1 Å². The molecule has 61 heavy (non-hydrogen) atoms. The number of ether oxygens (including phenoxy) is 1. The van der Waals surface area contributed by atoms with E-state index in [1.165, 1.54) is 27.6 Å². The van der Waals surface area contributed by atoms with Gasteiger partial charge in [0, 0.05) is 65.4 Å². The van der Waals surface area contributed by atoms with Gasteiger partial charge in [0.1, 0.15) is 5.75 Å². The van der Waals surface area contributed by atoms with Crippen LogP contribution in [0.15, 0.2) is 127 Å². The van der Waals surface area contributed by atoms with Crippen LogP contribution in [0.4, 0.5) is 11.4 Å². The first-order valence-corrected chi connectivity index (χ1v) is 23.5. The molecule has 0 aromatic heterocycles. The number of unbranched alkanes of at least 4 members (excludes halogenated alkanes) is 1. The molecule has 0 bridgehead atoms. The lowest BCUT2D eigenvalue weighted by Crippen LogP contribution is -2.40. The summed E-state index contributed by atoms with van der Waals surface area (Å²) in [6.45, 7) is 10.8. The maximum Gasteiger partial charge on any atom is 0.264 e. The average molecular weight is 865 g/mol. The van der Waals surface area contributed by atoms with Crippen LogP contribution in [-0.2, 0) is 30.3 Å². The van der Waals surface area contributed by atoms with Gasteiger partial charge in [-0.15, -0.1) is 4.33 Å². The Morgan fingerprint density at radius 3 is 2.23 bits per heavy atom. The van der Waals surface area contributed by atoms with Crippen molar-refractivity contribution in [1.29, 1.82) is 0 Å². The van der Waals surface area contributed by atoms with Crippen molar-refractivity contribution < 1.29 is 37.4 Å². The van der Waals surface area contributed by atoms with Crippen molar-refractivity contribution in [2.24, 2.45) is 0 Å². The Hall–Kier alpha value is -4.66. The predicted molar refractivity (Wildman–Crippen MR) is 249 cm³/mol. The molecule has 7 rings (SSSR count). The van der Waals surface area contributed by atoms with Crippen LogP contribution in [0.2, 0.25) is 0 Å². The molecule has 10 nitrogen and oxygen atoms in total. The lowest BCUT2D eigenvalue weighted by atomic mass is 9.78. The molecule has 5 aromatic rings. The Labute approximate surface area is 363 Å². The number of allylic oxidation sites excluding steroid dienone is 5. The van der Waals surface area contributed by atoms with Gasteiger partial charge in [0.25, 0.3) is 10.1 Å². The van der Waals surface area contributed by atoms with Gasteiger partial charge in [-0.2, -0.15) is 8.42 Å². The molecule has 12 heteroatoms. The SMILES string of the molecule is CC1(C)\C(=C/C=C(/C=C/C2N(CCCSOOO)c3ccc4ccccc4c3C2(C)C)c2cccc(OCCCCO)c2)N(CCCS(=O)(=O)O)c2ccc3ccccc3c21. The van der Waals surface area contributed by atoms with E-state index < -0.39 is 15.5 Å². The number of benzene rings is 5. The van der Waals surface area contributed by atoms with Crippen molar-refractivity contribution in [3.63, 3.8) is 0 Å². The van der Waals surface area contributed by atoms with Crippen LogP contribution >= 0.6 is 12.0 Å². The normalized spacial score (nSPS) is 17.9. The molecule has 0 amide bonds. The van der Waals surface area contributed by atoms with Crippen LogP contribution < -0.4 is 14.5 Å². The van der Waals surface area contributed by atoms with Crippen molar-refractivity contribution in [3.8, 4) is 5.75 Å². The van der Waals surface area contributed by atoms with Gasteiger partial charge in [-0.3, -0.25) is 4.55 Å². The van der Waals surface area contributed by atoms with Gasteiger partial charge >= 0.3 is 0 Å². The summed E-state index contributed by atoms with van der Waals surface area (Å²) in [4.78, 5) is 4.67. The zero-order chi connectivity index (χ0) is 43.2. The lowest BCUT2D eigenvalue weighted by molar-refractivity contribution is -0.432. The fourth-order valence-electron chi connectivity index (χ4n) is 9.28. The first-order chi connectivity index (χ1) is 29.3. The largest absolute Gasteiger partial charge is 0.494 e. The van der Waals surface area contributed by atoms with Crippen molar-refractivity contribution in [1.82, 2.24) is 0 Å². The Morgan fingerprint density at radius 1 is 0.820 bits per heavy atom. The molecule has 0 fully saturated rings. The molecular formula is C49H56N2O8S2. The predicted octanol–water partition coefficient (Wildman–Crippen LogP) is 10.7. The van der Waals surface area contributed by atoms with Gasteiger partial charge in [0.05, 0.1) is 18.4 Å². The lowest BCUT2D eigenvalue weighted by Gasteiger charge is -2.32. The summed E-state index contributed by atoms with van der Waals surface area (Å²) in [7, 11) is -4.14. The van der Waals surface area contributed by atoms with Gasteiger partial charge in [-0.1, -0.05) is 124 Å². The first kappa shape index (κ1) is 44.4. The summed E-state index contributed by atoms with van der Waals surface area (Å²) in [6.07, 6.45) is 11.3. The molecule has 0 radical (unpaired) electrons. The summed E-state index contributed by atoms with van der Waals surface area (Å²) in [5.74, 6) is 1.03. The van der Waals surface area contributed by atoms with Crippen LogP contribution in [0.1, 0.15) is 70.1 Å². The average Bonchev–Trinajstić information content (AvgIpc) is 3.60. The topological polar surface area (TPSA) is 129 Å². The van der Waals surface area contributed by atoms with E-state index in [1.807, 2.05) is 18.2 Å². The molecule has 0 spiro atoms. The Kier molecular flexibility index (Phi) is 13.9. The van der Waals surface area contributed by atoms with Crippen molar-refractivity contribution in [2.75, 3.05) is 47.6 Å². The van der Waals surface area contributed by atoms with Crippen LogP contribution in [0, 0.1) is 0 Å². The molecule has 2 aliphatic rings. The van der Waals surface area contributed by atoms with Crippen molar-refractivity contribution in [3.05, 3.63) is 144 Å². The number of aliphatic hydroxyl groups excluding tert-OH is 1. The third-order valence-electron chi connectivity index (χ3n) is 12.0. The van der Waals surface area contributed by atoms with Gasteiger partial charge in [0.2, 0.25) is 0 Å². The van der Waals surface area contributed by atoms with Crippen LogP contribution in [0.3, 0.4) is 0 Å². The number of hydrogen-bond acceptors (Lipinski definition) is 10. The van der Waals surface area contributed by atoms with E-state index in [0.29, 0.717) is 25.3 Å². The van der Waals surface area contributed by atoms with E-state index in [2.05, 4.69) is 146 Å². The van der Waals surface area contributed by atoms with Gasteiger partial charge in [0.15, 0.2) is 0 Å². The Morgan fingerprint density at radius 2 is 1.52 bits per heavy atom. The third-order valence-corrected chi connectivity index (χ3v) is 13.5. The maximum absolute atomic E-state index is 11.9. The molecule has 2 aliphatic heterocycles. The Balaban J connectivity index is 1.34. The molecule has 1 atom stereocenters. The maximum atomic E-state index is 11.9. The molecule has 5 aromatic carbocycles. The number of rotatable bonds is 19. The summed E-state index contributed by atoms with van der Waals surface area (Å²) in [6, 6.07) is 33.6. The van der Waals surface area contributed by atoms with E-state index in [0.717, 1.165) is 70.5 Å². The summed E-state index contributed by atoms with van der Waals surface area (Å²) in [5.41, 5.74) is 6.89. The monoisotopic (exact) mass is 864 g/mol. The fourth-order valence-corrected chi connectivity index (χ4v) is 10.1. The number of aliphatic hydroxyl groups is 1. The van der Waals surface area contributed by atoms with Crippen molar-refractivity contribution in [2.45, 2.75) is 70.3 Å². The second-order valence-electron chi connectivity index (χ2n) is 16.8. The quantitative estimate of drug-likeness (QED) is 0.0183. The number of fused-ring (bicyclic) bond motifs is 6. The first-order valence-electron chi connectivity index (χ1n) is 20.9. The number of hydrogen-bond donors (Lipinski definition) is 3. The Bertz CT molecular complexity index is 2550. The fraction of sp³-hybridized carbons (Fsp3) is 0.347.